The lowest BCUT2D eigenvalue weighted by Gasteiger charge is -2.31. The quantitative estimate of drug-likeness (QED) is 0.850. The molecule has 0 saturated heterocycles. The van der Waals surface area contributed by atoms with Crippen LogP contribution in [0.1, 0.15) is 0 Å². The van der Waals surface area contributed by atoms with E-state index in [1.807, 2.05) is 47.4 Å². The maximum Gasteiger partial charge on any atom is 0.244 e. The van der Waals surface area contributed by atoms with Crippen molar-refractivity contribution in [2.45, 2.75) is 0 Å². The van der Waals surface area contributed by atoms with E-state index in [1.54, 1.807) is 6.07 Å². The van der Waals surface area contributed by atoms with Crippen molar-refractivity contribution in [1.82, 2.24) is 0 Å². The zero-order valence-electron chi connectivity index (χ0n) is 9.56. The van der Waals surface area contributed by atoms with Crippen molar-refractivity contribution >= 4 is 34.6 Å². The molecule has 0 spiro atoms. The van der Waals surface area contributed by atoms with Gasteiger partial charge in [0.05, 0.1) is 11.4 Å². The van der Waals surface area contributed by atoms with Crippen LogP contribution in [0.4, 0.5) is 17.1 Å². The Morgan fingerprint density at radius 3 is 2.67 bits per heavy atom. The van der Waals surface area contributed by atoms with E-state index in [-0.39, 0.29) is 5.91 Å². The first-order chi connectivity index (χ1) is 8.74. The van der Waals surface area contributed by atoms with E-state index in [0.717, 1.165) is 17.1 Å². The Hall–Kier alpha value is -2.00. The number of halogens is 1. The van der Waals surface area contributed by atoms with Crippen LogP contribution in [0.2, 0.25) is 5.02 Å². The van der Waals surface area contributed by atoms with Gasteiger partial charge in [0.1, 0.15) is 6.54 Å². The predicted molar refractivity (Wildman–Crippen MR) is 73.5 cm³/mol. The van der Waals surface area contributed by atoms with Crippen LogP contribution in [-0.4, -0.2) is 12.5 Å². The highest BCUT2D eigenvalue weighted by Gasteiger charge is 2.22. The highest BCUT2D eigenvalue weighted by Crippen LogP contribution is 2.36. The molecule has 18 heavy (non-hydrogen) atoms. The van der Waals surface area contributed by atoms with Gasteiger partial charge in [-0.05, 0) is 30.3 Å². The van der Waals surface area contributed by atoms with Gasteiger partial charge in [0.25, 0.3) is 0 Å². The summed E-state index contributed by atoms with van der Waals surface area (Å²) in [5, 5.41) is 3.45. The summed E-state index contributed by atoms with van der Waals surface area (Å²) in [5.41, 5.74) is 2.71. The highest BCUT2D eigenvalue weighted by atomic mass is 35.5. The molecular formula is C14H11ClN2O. The van der Waals surface area contributed by atoms with Crippen molar-refractivity contribution in [3.63, 3.8) is 0 Å². The molecule has 2 aromatic rings. The summed E-state index contributed by atoms with van der Waals surface area (Å²) in [7, 11) is 0. The lowest BCUT2D eigenvalue weighted by molar-refractivity contribution is -0.115. The van der Waals surface area contributed by atoms with Crippen LogP contribution in [0.25, 0.3) is 0 Å². The first-order valence-corrected chi connectivity index (χ1v) is 6.04. The first-order valence-electron chi connectivity index (χ1n) is 5.66. The smallest absolute Gasteiger partial charge is 0.244 e. The van der Waals surface area contributed by atoms with E-state index in [1.165, 1.54) is 0 Å². The van der Waals surface area contributed by atoms with E-state index < -0.39 is 0 Å². The lowest BCUT2D eigenvalue weighted by Crippen LogP contribution is -2.34. The van der Waals surface area contributed by atoms with Gasteiger partial charge in [-0.2, -0.15) is 0 Å². The average Bonchev–Trinajstić information content (AvgIpc) is 2.38. The first kappa shape index (κ1) is 11.1. The number of para-hydroxylation sites is 1. The van der Waals surface area contributed by atoms with E-state index in [0.29, 0.717) is 11.6 Å². The summed E-state index contributed by atoms with van der Waals surface area (Å²) in [6.45, 7) is 0.318. The third-order valence-electron chi connectivity index (χ3n) is 2.89. The fourth-order valence-electron chi connectivity index (χ4n) is 2.10. The van der Waals surface area contributed by atoms with Gasteiger partial charge in [0.2, 0.25) is 5.91 Å². The molecule has 4 heteroatoms. The molecule has 0 fully saturated rings. The van der Waals surface area contributed by atoms with Crippen molar-refractivity contribution in [3.05, 3.63) is 53.6 Å². The maximum absolute atomic E-state index is 11.7. The van der Waals surface area contributed by atoms with Crippen LogP contribution in [0, 0.1) is 0 Å². The van der Waals surface area contributed by atoms with Gasteiger partial charge in [-0.1, -0.05) is 29.8 Å². The number of carbonyl (C=O) groups is 1. The molecule has 3 nitrogen and oxygen atoms in total. The van der Waals surface area contributed by atoms with Gasteiger partial charge >= 0.3 is 0 Å². The molecule has 0 radical (unpaired) electrons. The van der Waals surface area contributed by atoms with Crippen LogP contribution in [0.5, 0.6) is 0 Å². The van der Waals surface area contributed by atoms with Crippen molar-refractivity contribution in [3.8, 4) is 0 Å². The molecule has 0 unspecified atom stereocenters. The van der Waals surface area contributed by atoms with Gasteiger partial charge < -0.3 is 10.2 Å². The molecule has 1 heterocycles. The third-order valence-corrected chi connectivity index (χ3v) is 3.13. The summed E-state index contributed by atoms with van der Waals surface area (Å²) in [6.07, 6.45) is 0. The Balaban J connectivity index is 2.10. The average molecular weight is 259 g/mol. The summed E-state index contributed by atoms with van der Waals surface area (Å²) < 4.78 is 0. The van der Waals surface area contributed by atoms with Gasteiger partial charge in [-0.15, -0.1) is 0 Å². The molecule has 1 amide bonds. The number of benzene rings is 2. The number of hydrogen-bond donors (Lipinski definition) is 1. The Bertz CT molecular complexity index is 598. The number of nitrogens with zero attached hydrogens (tertiary/aromatic N) is 1. The second-order valence-corrected chi connectivity index (χ2v) is 4.57. The predicted octanol–water partition coefficient (Wildman–Crippen LogP) is 3.43. The fraction of sp³-hybridized carbons (Fsp3) is 0.0714. The molecule has 0 saturated carbocycles. The molecule has 0 aromatic heterocycles. The van der Waals surface area contributed by atoms with Gasteiger partial charge in [0, 0.05) is 10.7 Å². The lowest BCUT2D eigenvalue weighted by atomic mass is 10.1. The summed E-state index contributed by atoms with van der Waals surface area (Å²) in [4.78, 5) is 13.7. The minimum Gasteiger partial charge on any atom is -0.330 e. The Morgan fingerprint density at radius 2 is 1.89 bits per heavy atom. The summed E-state index contributed by atoms with van der Waals surface area (Å²) in [6, 6.07) is 15.3. The van der Waals surface area contributed by atoms with Crippen molar-refractivity contribution in [2.75, 3.05) is 16.8 Å². The molecular weight excluding hydrogens is 248 g/mol. The molecule has 3 rings (SSSR count). The normalized spacial score (nSPS) is 14.1. The second-order valence-electron chi connectivity index (χ2n) is 4.13. The number of hydrogen-bond acceptors (Lipinski definition) is 2. The maximum atomic E-state index is 11.7. The highest BCUT2D eigenvalue weighted by molar-refractivity contribution is 6.31. The standard InChI is InChI=1S/C14H11ClN2O/c15-10-6-7-13-12(8-10)16-14(18)9-17(13)11-4-2-1-3-5-11/h1-8H,9H2,(H,16,18). The van der Waals surface area contributed by atoms with Crippen LogP contribution in [-0.2, 0) is 4.79 Å². The number of nitrogens with one attached hydrogen (secondary N) is 1. The molecule has 1 aliphatic rings. The summed E-state index contributed by atoms with van der Waals surface area (Å²) in [5.74, 6) is -0.0337. The fourth-order valence-corrected chi connectivity index (χ4v) is 2.27. The largest absolute Gasteiger partial charge is 0.330 e. The van der Waals surface area contributed by atoms with Crippen LogP contribution >= 0.6 is 11.6 Å². The Kier molecular flexibility index (Phi) is 2.68. The minimum atomic E-state index is -0.0337. The van der Waals surface area contributed by atoms with Crippen LogP contribution < -0.4 is 10.2 Å². The van der Waals surface area contributed by atoms with E-state index in [9.17, 15) is 4.79 Å². The van der Waals surface area contributed by atoms with Gasteiger partial charge in [-0.3, -0.25) is 4.79 Å². The third kappa shape index (κ3) is 1.93. The van der Waals surface area contributed by atoms with Crippen LogP contribution in [0.15, 0.2) is 48.5 Å². The monoisotopic (exact) mass is 258 g/mol. The number of amides is 1. The van der Waals surface area contributed by atoms with E-state index in [2.05, 4.69) is 5.32 Å². The second kappa shape index (κ2) is 4.35. The number of fused-ring (bicyclic) bond motifs is 1. The Labute approximate surface area is 110 Å². The molecule has 2 aromatic carbocycles. The SMILES string of the molecule is O=C1CN(c2ccccc2)c2ccc(Cl)cc2N1. The molecule has 0 bridgehead atoms. The number of carbonyl (C=O) groups excluding carboxylic acids is 1. The minimum absolute atomic E-state index is 0.0337. The zero-order valence-corrected chi connectivity index (χ0v) is 10.3. The molecule has 90 valence electrons. The van der Waals surface area contributed by atoms with Gasteiger partial charge in [0.15, 0.2) is 0 Å². The number of rotatable bonds is 1. The van der Waals surface area contributed by atoms with Crippen LogP contribution in [0.3, 0.4) is 0 Å². The van der Waals surface area contributed by atoms with Crippen molar-refractivity contribution < 1.29 is 4.79 Å². The topological polar surface area (TPSA) is 32.3 Å². The van der Waals surface area contributed by atoms with Gasteiger partial charge in [-0.25, -0.2) is 0 Å². The van der Waals surface area contributed by atoms with E-state index >= 15 is 0 Å². The molecule has 1 N–H and O–H groups in total. The summed E-state index contributed by atoms with van der Waals surface area (Å²) >= 11 is 5.95. The van der Waals surface area contributed by atoms with E-state index in [4.69, 9.17) is 11.6 Å². The molecule has 1 aliphatic heterocycles. The van der Waals surface area contributed by atoms with Crippen molar-refractivity contribution in [1.29, 1.82) is 0 Å². The molecule has 0 atom stereocenters. The zero-order chi connectivity index (χ0) is 12.5. The van der Waals surface area contributed by atoms with Crippen molar-refractivity contribution in [2.24, 2.45) is 0 Å². The number of anilines is 3. The Morgan fingerprint density at radius 1 is 1.11 bits per heavy atom. The molecule has 0 aliphatic carbocycles.